The summed E-state index contributed by atoms with van der Waals surface area (Å²) < 4.78 is 5.31. The number of nitrogens with one attached hydrogen (secondary N) is 2. The fourth-order valence-corrected chi connectivity index (χ4v) is 4.40. The molecule has 2 aliphatic rings. The number of carbonyl (C=O) groups is 3. The van der Waals surface area contributed by atoms with E-state index in [1.807, 2.05) is 48.5 Å². The summed E-state index contributed by atoms with van der Waals surface area (Å²) in [5.41, 5.74) is 1.84. The maximum Gasteiger partial charge on any atom is 0.325 e. The van der Waals surface area contributed by atoms with Crippen molar-refractivity contribution in [3.63, 3.8) is 0 Å². The van der Waals surface area contributed by atoms with E-state index in [9.17, 15) is 14.4 Å². The van der Waals surface area contributed by atoms with Gasteiger partial charge in [0, 0.05) is 6.54 Å². The molecule has 2 aromatic rings. The molecule has 0 radical (unpaired) electrons. The van der Waals surface area contributed by atoms with Gasteiger partial charge >= 0.3 is 6.03 Å². The number of nitrogens with zero attached hydrogens (tertiary/aromatic N) is 1. The Morgan fingerprint density at radius 2 is 1.93 bits per heavy atom. The lowest BCUT2D eigenvalue weighted by atomic mass is 9.76. The van der Waals surface area contributed by atoms with E-state index in [1.165, 1.54) is 0 Å². The van der Waals surface area contributed by atoms with Gasteiger partial charge in [0.2, 0.25) is 5.91 Å². The minimum absolute atomic E-state index is 0.291. The van der Waals surface area contributed by atoms with E-state index in [0.29, 0.717) is 19.4 Å². The molecule has 1 spiro atoms. The number of ether oxygens (including phenoxy) is 1. The molecule has 1 atom stereocenters. The number of urea groups is 1. The average molecular weight is 407 g/mol. The molecule has 1 heterocycles. The van der Waals surface area contributed by atoms with Crippen LogP contribution in [0.3, 0.4) is 0 Å². The second kappa shape index (κ2) is 8.18. The number of hydrogen-bond donors (Lipinski definition) is 2. The van der Waals surface area contributed by atoms with Crippen molar-refractivity contribution >= 4 is 17.8 Å². The van der Waals surface area contributed by atoms with Crippen LogP contribution < -0.4 is 15.4 Å². The van der Waals surface area contributed by atoms with Gasteiger partial charge in [-0.05, 0) is 48.4 Å². The lowest BCUT2D eigenvalue weighted by Crippen LogP contribution is -2.47. The van der Waals surface area contributed by atoms with E-state index in [2.05, 4.69) is 10.6 Å². The Morgan fingerprint density at radius 1 is 1.17 bits per heavy atom. The molecule has 4 rings (SSSR count). The normalized spacial score (nSPS) is 20.1. The number of aryl methyl sites for hydroxylation is 1. The fraction of sp³-hybridized carbons (Fsp3) is 0.348. The number of hydrogen-bond acceptors (Lipinski definition) is 4. The molecule has 1 aliphatic heterocycles. The Bertz CT molecular complexity index is 990. The highest BCUT2D eigenvalue weighted by Gasteiger charge is 2.54. The second-order valence-electron chi connectivity index (χ2n) is 7.65. The molecule has 156 valence electrons. The Hall–Kier alpha value is -3.35. The average Bonchev–Trinajstić information content (AvgIpc) is 2.99. The third-order valence-corrected chi connectivity index (χ3v) is 5.86. The third kappa shape index (κ3) is 3.51. The molecular weight excluding hydrogens is 382 g/mol. The molecule has 1 fully saturated rings. The highest BCUT2D eigenvalue weighted by Crippen LogP contribution is 2.39. The van der Waals surface area contributed by atoms with Gasteiger partial charge in [-0.3, -0.25) is 14.5 Å². The molecule has 2 aromatic carbocycles. The lowest BCUT2D eigenvalue weighted by Gasteiger charge is -2.33. The zero-order chi connectivity index (χ0) is 21.1. The number of benzene rings is 2. The van der Waals surface area contributed by atoms with Gasteiger partial charge in [-0.1, -0.05) is 42.5 Å². The van der Waals surface area contributed by atoms with Crippen LogP contribution in [0, 0.1) is 0 Å². The van der Waals surface area contributed by atoms with Gasteiger partial charge in [0.25, 0.3) is 5.91 Å². The van der Waals surface area contributed by atoms with Crippen LogP contribution in [0.4, 0.5) is 4.79 Å². The largest absolute Gasteiger partial charge is 0.496 e. The molecule has 30 heavy (non-hydrogen) atoms. The van der Waals surface area contributed by atoms with Crippen LogP contribution in [0.1, 0.15) is 29.5 Å². The van der Waals surface area contributed by atoms with Crippen LogP contribution in [0.2, 0.25) is 0 Å². The van der Waals surface area contributed by atoms with Crippen LogP contribution >= 0.6 is 0 Å². The molecule has 2 N–H and O–H groups in total. The second-order valence-corrected chi connectivity index (χ2v) is 7.65. The molecule has 0 aromatic heterocycles. The smallest absolute Gasteiger partial charge is 0.325 e. The molecule has 4 amide bonds. The van der Waals surface area contributed by atoms with Crippen LogP contribution in [-0.2, 0) is 28.0 Å². The summed E-state index contributed by atoms with van der Waals surface area (Å²) in [7, 11) is 1.61. The van der Waals surface area contributed by atoms with Crippen LogP contribution in [-0.4, -0.2) is 42.9 Å². The Morgan fingerprint density at radius 3 is 2.77 bits per heavy atom. The van der Waals surface area contributed by atoms with Gasteiger partial charge in [0.15, 0.2) is 0 Å². The fourth-order valence-electron chi connectivity index (χ4n) is 4.40. The van der Waals surface area contributed by atoms with Crippen LogP contribution in [0.5, 0.6) is 5.75 Å². The predicted octanol–water partition coefficient (Wildman–Crippen LogP) is 2.14. The molecule has 7 heteroatoms. The molecule has 0 unspecified atom stereocenters. The first-order valence-electron chi connectivity index (χ1n) is 10.2. The van der Waals surface area contributed by atoms with E-state index in [4.69, 9.17) is 4.74 Å². The SMILES string of the molecule is COc1ccccc1CCNC(=O)CN1C(=O)N[C@]2(CCCc3ccccc32)C1=O. The quantitative estimate of drug-likeness (QED) is 0.719. The zero-order valence-electron chi connectivity index (χ0n) is 16.9. The first-order chi connectivity index (χ1) is 14.5. The number of rotatable bonds is 6. The van der Waals surface area contributed by atoms with Gasteiger partial charge in [0.1, 0.15) is 17.8 Å². The molecule has 1 aliphatic carbocycles. The van der Waals surface area contributed by atoms with Crippen molar-refractivity contribution < 1.29 is 19.1 Å². The summed E-state index contributed by atoms with van der Waals surface area (Å²) in [6, 6.07) is 14.8. The minimum atomic E-state index is -1.05. The summed E-state index contributed by atoms with van der Waals surface area (Å²) in [6.07, 6.45) is 2.82. The summed E-state index contributed by atoms with van der Waals surface area (Å²) in [4.78, 5) is 39.3. The van der Waals surface area contributed by atoms with Gasteiger partial charge in [0.05, 0.1) is 7.11 Å². The van der Waals surface area contributed by atoms with Crippen molar-refractivity contribution in [2.75, 3.05) is 20.2 Å². The first-order valence-corrected chi connectivity index (χ1v) is 10.2. The molecule has 0 bridgehead atoms. The third-order valence-electron chi connectivity index (χ3n) is 5.86. The monoisotopic (exact) mass is 407 g/mol. The summed E-state index contributed by atoms with van der Waals surface area (Å²) in [5, 5.41) is 5.66. The molecule has 7 nitrogen and oxygen atoms in total. The molecule has 1 saturated heterocycles. The van der Waals surface area contributed by atoms with Crippen molar-refractivity contribution in [2.24, 2.45) is 0 Å². The summed E-state index contributed by atoms with van der Waals surface area (Å²) >= 11 is 0. The zero-order valence-corrected chi connectivity index (χ0v) is 16.9. The van der Waals surface area contributed by atoms with Gasteiger partial charge in [-0.2, -0.15) is 0 Å². The maximum atomic E-state index is 13.2. The van der Waals surface area contributed by atoms with E-state index in [1.54, 1.807) is 7.11 Å². The Labute approximate surface area is 175 Å². The van der Waals surface area contributed by atoms with Crippen molar-refractivity contribution in [3.8, 4) is 5.75 Å². The predicted molar refractivity (Wildman–Crippen MR) is 111 cm³/mol. The lowest BCUT2D eigenvalue weighted by molar-refractivity contribution is -0.135. The number of methoxy groups -OCH3 is 1. The number of imide groups is 1. The number of carbonyl (C=O) groups excluding carboxylic acids is 3. The Kier molecular flexibility index (Phi) is 5.44. The first kappa shape index (κ1) is 19.9. The highest BCUT2D eigenvalue weighted by molar-refractivity contribution is 6.09. The Balaban J connectivity index is 1.40. The topological polar surface area (TPSA) is 87.7 Å². The summed E-state index contributed by atoms with van der Waals surface area (Å²) in [5.74, 6) is 0.0489. The molecular formula is C23H25N3O4. The van der Waals surface area contributed by atoms with Gasteiger partial charge in [-0.15, -0.1) is 0 Å². The maximum absolute atomic E-state index is 13.2. The molecule has 0 saturated carbocycles. The van der Waals surface area contributed by atoms with Crippen molar-refractivity contribution in [2.45, 2.75) is 31.2 Å². The number of fused-ring (bicyclic) bond motifs is 2. The highest BCUT2D eigenvalue weighted by atomic mass is 16.5. The van der Waals surface area contributed by atoms with E-state index >= 15 is 0 Å². The standard InChI is InChI=1S/C23H25N3O4/c1-30-19-11-5-3-8-17(19)12-14-24-20(27)15-26-21(28)23(25-22(26)29)13-6-9-16-7-2-4-10-18(16)23/h2-5,7-8,10-11H,6,9,12-15H2,1H3,(H,24,27)(H,25,29)/t23-/m0/s1. The van der Waals surface area contributed by atoms with E-state index < -0.39 is 11.6 Å². The van der Waals surface area contributed by atoms with Crippen LogP contribution in [0.15, 0.2) is 48.5 Å². The van der Waals surface area contributed by atoms with Crippen molar-refractivity contribution in [1.29, 1.82) is 0 Å². The van der Waals surface area contributed by atoms with Gasteiger partial charge in [-0.25, -0.2) is 4.79 Å². The van der Waals surface area contributed by atoms with E-state index in [0.717, 1.165) is 40.2 Å². The number of para-hydroxylation sites is 1. The van der Waals surface area contributed by atoms with Crippen molar-refractivity contribution in [1.82, 2.24) is 15.5 Å². The minimum Gasteiger partial charge on any atom is -0.496 e. The van der Waals surface area contributed by atoms with Crippen molar-refractivity contribution in [3.05, 3.63) is 65.2 Å². The van der Waals surface area contributed by atoms with Gasteiger partial charge < -0.3 is 15.4 Å². The van der Waals surface area contributed by atoms with E-state index in [-0.39, 0.29) is 18.4 Å². The van der Waals surface area contributed by atoms with Crippen LogP contribution in [0.25, 0.3) is 0 Å². The number of amides is 4. The summed E-state index contributed by atoms with van der Waals surface area (Å²) in [6.45, 7) is 0.0946.